The first-order valence-electron chi connectivity index (χ1n) is 12.0. The molecule has 0 N–H and O–H groups in total. The molecule has 0 saturated heterocycles. The second-order valence-corrected chi connectivity index (χ2v) is 8.70. The van der Waals surface area contributed by atoms with Gasteiger partial charge in [0, 0.05) is 24.6 Å². The summed E-state index contributed by atoms with van der Waals surface area (Å²) in [6, 6.07) is 17.4. The average Bonchev–Trinajstić information content (AvgIpc) is 3.16. The second kappa shape index (κ2) is 12.9. The van der Waals surface area contributed by atoms with E-state index >= 15 is 0 Å². The van der Waals surface area contributed by atoms with Gasteiger partial charge in [-0.1, -0.05) is 82.9 Å². The smallest absolute Gasteiger partial charge is 0.146 e. The fourth-order valence-electron chi connectivity index (χ4n) is 4.48. The maximum atomic E-state index is 11.2. The monoisotopic (exact) mass is 432 g/mol. The lowest BCUT2D eigenvalue weighted by molar-refractivity contribution is 0.492. The van der Waals surface area contributed by atoms with E-state index in [1.165, 1.54) is 36.8 Å². The number of carbonyl (C=O) groups excluding carboxylic acids is 1. The minimum atomic E-state index is 0.360. The van der Waals surface area contributed by atoms with Gasteiger partial charge in [-0.3, -0.25) is 0 Å². The van der Waals surface area contributed by atoms with E-state index in [0.29, 0.717) is 17.7 Å². The third kappa shape index (κ3) is 6.37. The molecule has 1 aliphatic rings. The van der Waals surface area contributed by atoms with Crippen LogP contribution in [0.4, 0.5) is 11.4 Å². The Kier molecular flexibility index (Phi) is 10.3. The number of rotatable bonds is 8. The first-order chi connectivity index (χ1) is 15.5. The van der Waals surface area contributed by atoms with Crippen LogP contribution in [0.3, 0.4) is 0 Å². The summed E-state index contributed by atoms with van der Waals surface area (Å²) in [5.41, 5.74) is 5.52. The SMILES string of the molecule is C/C=C\N(C(C)=C=O)c1cccc(N(C)C2c3ccccc3C[C@H]2C)c1.CCCCCC. The van der Waals surface area contributed by atoms with Crippen LogP contribution in [-0.2, 0) is 11.2 Å². The zero-order chi connectivity index (χ0) is 23.5. The minimum absolute atomic E-state index is 0.360. The Morgan fingerprint density at radius 1 is 1.06 bits per heavy atom. The first kappa shape index (κ1) is 25.5. The van der Waals surface area contributed by atoms with Crippen molar-refractivity contribution in [3.05, 3.63) is 77.6 Å². The van der Waals surface area contributed by atoms with E-state index in [0.717, 1.165) is 17.8 Å². The van der Waals surface area contributed by atoms with E-state index in [9.17, 15) is 4.79 Å². The second-order valence-electron chi connectivity index (χ2n) is 8.70. The highest BCUT2D eigenvalue weighted by Gasteiger charge is 2.32. The Morgan fingerprint density at radius 2 is 1.72 bits per heavy atom. The van der Waals surface area contributed by atoms with Crippen molar-refractivity contribution in [3.8, 4) is 0 Å². The minimum Gasteiger partial charge on any atom is -0.367 e. The molecule has 0 spiro atoms. The molecule has 0 fully saturated rings. The van der Waals surface area contributed by atoms with Gasteiger partial charge in [0.25, 0.3) is 0 Å². The average molecular weight is 433 g/mol. The predicted octanol–water partition coefficient (Wildman–Crippen LogP) is 7.72. The molecule has 3 rings (SSSR count). The molecule has 0 radical (unpaired) electrons. The van der Waals surface area contributed by atoms with Gasteiger partial charge >= 0.3 is 0 Å². The van der Waals surface area contributed by atoms with Crippen LogP contribution in [0.5, 0.6) is 0 Å². The summed E-state index contributed by atoms with van der Waals surface area (Å²) in [5.74, 6) is 2.56. The number of hydrogen-bond acceptors (Lipinski definition) is 3. The van der Waals surface area contributed by atoms with Crippen molar-refractivity contribution in [2.75, 3.05) is 16.8 Å². The van der Waals surface area contributed by atoms with Gasteiger partial charge in [-0.15, -0.1) is 0 Å². The molecular weight excluding hydrogens is 392 g/mol. The molecule has 0 bridgehead atoms. The lowest BCUT2D eigenvalue weighted by atomic mass is 10.0. The number of anilines is 2. The fraction of sp³-hybridized carbons (Fsp3) is 0.448. The normalized spacial score (nSPS) is 16.7. The quantitative estimate of drug-likeness (QED) is 0.315. The van der Waals surface area contributed by atoms with E-state index in [2.05, 4.69) is 69.1 Å². The predicted molar refractivity (Wildman–Crippen MR) is 139 cm³/mol. The van der Waals surface area contributed by atoms with E-state index in [-0.39, 0.29) is 0 Å². The summed E-state index contributed by atoms with van der Waals surface area (Å²) in [7, 11) is 2.16. The fourth-order valence-corrected chi connectivity index (χ4v) is 4.48. The van der Waals surface area contributed by atoms with E-state index in [1.807, 2.05) is 42.2 Å². The number of hydrogen-bond donors (Lipinski definition) is 0. The van der Waals surface area contributed by atoms with Crippen molar-refractivity contribution in [1.29, 1.82) is 0 Å². The topological polar surface area (TPSA) is 23.6 Å². The highest BCUT2D eigenvalue weighted by atomic mass is 16.1. The molecule has 2 aromatic carbocycles. The van der Waals surface area contributed by atoms with Crippen LogP contribution >= 0.6 is 0 Å². The van der Waals surface area contributed by atoms with Crippen LogP contribution in [0.25, 0.3) is 0 Å². The molecule has 0 heterocycles. The highest BCUT2D eigenvalue weighted by molar-refractivity contribution is 5.69. The van der Waals surface area contributed by atoms with Crippen molar-refractivity contribution < 1.29 is 4.79 Å². The number of nitrogens with zero attached hydrogens (tertiary/aromatic N) is 2. The molecule has 0 saturated carbocycles. The van der Waals surface area contributed by atoms with Crippen LogP contribution < -0.4 is 9.80 Å². The van der Waals surface area contributed by atoms with Crippen molar-refractivity contribution >= 4 is 17.3 Å². The standard InChI is InChI=1S/C23H26N2O.C6H14/c1-5-13-25(18(3)16-26)21-11-8-10-20(15-21)24(4)23-17(2)14-19-9-6-7-12-22(19)23;1-3-5-6-4-2/h5-13,15,17,23H,14H2,1-4H3;3-6H2,1-2H3/b13-5-;/t17-,23?;/m1./s1. The summed E-state index contributed by atoms with van der Waals surface area (Å²) in [5, 5.41) is 0. The van der Waals surface area contributed by atoms with Crippen molar-refractivity contribution in [1.82, 2.24) is 0 Å². The number of allylic oxidation sites excluding steroid dienone is 2. The number of fused-ring (bicyclic) bond motifs is 1. The maximum absolute atomic E-state index is 11.2. The third-order valence-corrected chi connectivity index (χ3v) is 6.15. The number of benzene rings is 2. The van der Waals surface area contributed by atoms with Crippen molar-refractivity contribution in [3.63, 3.8) is 0 Å². The van der Waals surface area contributed by atoms with E-state index in [4.69, 9.17) is 0 Å². The van der Waals surface area contributed by atoms with Gasteiger partial charge in [0.15, 0.2) is 0 Å². The molecule has 0 aromatic heterocycles. The van der Waals surface area contributed by atoms with Crippen LogP contribution in [-0.4, -0.2) is 13.0 Å². The van der Waals surface area contributed by atoms with Crippen LogP contribution in [0.1, 0.15) is 77.5 Å². The summed E-state index contributed by atoms with van der Waals surface area (Å²) in [4.78, 5) is 15.4. The van der Waals surface area contributed by atoms with Crippen molar-refractivity contribution in [2.24, 2.45) is 5.92 Å². The van der Waals surface area contributed by atoms with Gasteiger partial charge in [-0.05, 0) is 55.5 Å². The molecule has 32 heavy (non-hydrogen) atoms. The summed E-state index contributed by atoms with van der Waals surface area (Å²) < 4.78 is 0. The first-order valence-corrected chi connectivity index (χ1v) is 12.0. The van der Waals surface area contributed by atoms with Crippen LogP contribution in [0, 0.1) is 5.92 Å². The molecule has 3 nitrogen and oxygen atoms in total. The Balaban J connectivity index is 0.000000534. The van der Waals surface area contributed by atoms with E-state index in [1.54, 1.807) is 6.92 Å². The molecule has 3 heteroatoms. The molecular formula is C29H40N2O. The van der Waals surface area contributed by atoms with Gasteiger partial charge in [0.05, 0.1) is 6.04 Å². The molecule has 0 amide bonds. The highest BCUT2D eigenvalue weighted by Crippen LogP contribution is 2.41. The molecule has 1 unspecified atom stereocenters. The van der Waals surface area contributed by atoms with Crippen molar-refractivity contribution in [2.45, 2.75) is 72.8 Å². The zero-order valence-electron chi connectivity index (χ0n) is 20.8. The molecule has 2 atom stereocenters. The summed E-state index contributed by atoms with van der Waals surface area (Å²) >= 11 is 0. The molecule has 0 aliphatic heterocycles. The molecule has 1 aliphatic carbocycles. The van der Waals surface area contributed by atoms with Gasteiger partial charge in [-0.2, -0.15) is 0 Å². The van der Waals surface area contributed by atoms with Gasteiger partial charge < -0.3 is 9.80 Å². The third-order valence-electron chi connectivity index (χ3n) is 6.15. The van der Waals surface area contributed by atoms with Crippen LogP contribution in [0.15, 0.2) is 66.5 Å². The Bertz CT molecular complexity index is 922. The summed E-state index contributed by atoms with van der Waals surface area (Å²) in [6.45, 7) is 10.5. The molecule has 2 aromatic rings. The van der Waals surface area contributed by atoms with E-state index < -0.39 is 0 Å². The Morgan fingerprint density at radius 3 is 2.34 bits per heavy atom. The Hall–Kier alpha value is -2.77. The largest absolute Gasteiger partial charge is 0.367 e. The maximum Gasteiger partial charge on any atom is 0.146 e. The lowest BCUT2D eigenvalue weighted by Gasteiger charge is -2.32. The van der Waals surface area contributed by atoms with Crippen LogP contribution in [0.2, 0.25) is 0 Å². The summed E-state index contributed by atoms with van der Waals surface area (Å²) in [6.07, 6.45) is 10.5. The van der Waals surface area contributed by atoms with Gasteiger partial charge in [-0.25, -0.2) is 4.79 Å². The Labute approximate surface area is 195 Å². The van der Waals surface area contributed by atoms with Gasteiger partial charge in [0.2, 0.25) is 0 Å². The van der Waals surface area contributed by atoms with Gasteiger partial charge in [0.1, 0.15) is 11.6 Å². The molecule has 172 valence electrons. The number of unbranched alkanes of at least 4 members (excludes halogenated alkanes) is 3. The zero-order valence-corrected chi connectivity index (χ0v) is 20.8. The lowest BCUT2D eigenvalue weighted by Crippen LogP contribution is -2.27.